The van der Waals surface area contributed by atoms with Crippen molar-refractivity contribution in [3.8, 4) is 23.0 Å². The standard InChI is InChI=1S/C27H30FNS/c1-3-4-5-6-21-7-9-22(10-8-21)11-12-23-13-15-24(16-14-23)25-17-20(2)27(29-19-30)26(28)18-25/h13-18,21-22H,3-10H2,1-2H3. The van der Waals surface area contributed by atoms with Gasteiger partial charge < -0.3 is 0 Å². The van der Waals surface area contributed by atoms with Gasteiger partial charge in [0.1, 0.15) is 5.69 Å². The highest BCUT2D eigenvalue weighted by Crippen LogP contribution is 2.32. The van der Waals surface area contributed by atoms with Gasteiger partial charge in [0.15, 0.2) is 5.82 Å². The lowest BCUT2D eigenvalue weighted by Gasteiger charge is -2.25. The Morgan fingerprint density at radius 3 is 2.40 bits per heavy atom. The first-order chi connectivity index (χ1) is 14.6. The smallest absolute Gasteiger partial charge is 0.150 e. The minimum atomic E-state index is -0.378. The summed E-state index contributed by atoms with van der Waals surface area (Å²) in [6, 6.07) is 11.5. The summed E-state index contributed by atoms with van der Waals surface area (Å²) in [5, 5.41) is 2.24. The van der Waals surface area contributed by atoms with Crippen LogP contribution < -0.4 is 0 Å². The van der Waals surface area contributed by atoms with Crippen molar-refractivity contribution >= 4 is 23.1 Å². The first-order valence-electron chi connectivity index (χ1n) is 11.1. The maximum atomic E-state index is 14.3. The zero-order valence-electron chi connectivity index (χ0n) is 18.0. The molecule has 30 heavy (non-hydrogen) atoms. The zero-order valence-corrected chi connectivity index (χ0v) is 18.8. The van der Waals surface area contributed by atoms with Crippen LogP contribution in [0.3, 0.4) is 0 Å². The fourth-order valence-corrected chi connectivity index (χ4v) is 4.39. The van der Waals surface area contributed by atoms with Gasteiger partial charge in [-0.05, 0) is 91.7 Å². The molecule has 0 radical (unpaired) electrons. The summed E-state index contributed by atoms with van der Waals surface area (Å²) in [6.45, 7) is 4.10. The maximum absolute atomic E-state index is 14.3. The number of hydrogen-bond acceptors (Lipinski definition) is 2. The summed E-state index contributed by atoms with van der Waals surface area (Å²) in [5.74, 6) is 7.90. The van der Waals surface area contributed by atoms with Crippen molar-refractivity contribution in [1.82, 2.24) is 0 Å². The molecule has 0 unspecified atom stereocenters. The summed E-state index contributed by atoms with van der Waals surface area (Å²) >= 11 is 4.60. The number of rotatable bonds is 6. The Kier molecular flexibility index (Phi) is 8.38. The van der Waals surface area contributed by atoms with Crippen LogP contribution in [0.2, 0.25) is 0 Å². The SMILES string of the molecule is CCCCCC1CCC(C#Cc2ccc(-c3cc(C)c(N=C=S)c(F)c3)cc2)CC1. The lowest BCUT2D eigenvalue weighted by molar-refractivity contribution is 0.294. The van der Waals surface area contributed by atoms with E-state index in [-0.39, 0.29) is 11.5 Å². The van der Waals surface area contributed by atoms with E-state index in [4.69, 9.17) is 0 Å². The van der Waals surface area contributed by atoms with Crippen LogP contribution in [-0.2, 0) is 0 Å². The highest BCUT2D eigenvalue weighted by atomic mass is 32.1. The second-order valence-electron chi connectivity index (χ2n) is 8.39. The average molecular weight is 420 g/mol. The van der Waals surface area contributed by atoms with Crippen molar-refractivity contribution in [3.63, 3.8) is 0 Å². The minimum absolute atomic E-state index is 0.260. The van der Waals surface area contributed by atoms with Crippen LogP contribution in [0.5, 0.6) is 0 Å². The van der Waals surface area contributed by atoms with E-state index < -0.39 is 0 Å². The van der Waals surface area contributed by atoms with Crippen LogP contribution in [0.4, 0.5) is 10.1 Å². The maximum Gasteiger partial charge on any atom is 0.150 e. The van der Waals surface area contributed by atoms with Crippen LogP contribution >= 0.6 is 12.2 Å². The second-order valence-corrected chi connectivity index (χ2v) is 8.57. The quantitative estimate of drug-likeness (QED) is 0.199. The summed E-state index contributed by atoms with van der Waals surface area (Å²) in [4.78, 5) is 3.82. The Morgan fingerprint density at radius 1 is 1.03 bits per heavy atom. The van der Waals surface area contributed by atoms with Crippen molar-refractivity contribution in [2.75, 3.05) is 0 Å². The number of halogens is 1. The van der Waals surface area contributed by atoms with Crippen molar-refractivity contribution in [2.45, 2.75) is 65.2 Å². The molecule has 2 aromatic carbocycles. The van der Waals surface area contributed by atoms with Gasteiger partial charge in [0.25, 0.3) is 0 Å². The van der Waals surface area contributed by atoms with E-state index >= 15 is 0 Å². The van der Waals surface area contributed by atoms with Gasteiger partial charge in [-0.15, -0.1) is 0 Å². The summed E-state index contributed by atoms with van der Waals surface area (Å²) in [7, 11) is 0. The molecular formula is C27H30FNS. The Hall–Kier alpha value is -2.27. The van der Waals surface area contributed by atoms with Crippen LogP contribution in [0.15, 0.2) is 41.4 Å². The molecule has 2 aromatic rings. The highest BCUT2D eigenvalue weighted by molar-refractivity contribution is 7.78. The Balaban J connectivity index is 1.61. The van der Waals surface area contributed by atoms with E-state index in [2.05, 4.69) is 41.1 Å². The number of benzene rings is 2. The van der Waals surface area contributed by atoms with Gasteiger partial charge in [0, 0.05) is 11.5 Å². The fourth-order valence-electron chi connectivity index (χ4n) is 4.30. The van der Waals surface area contributed by atoms with E-state index in [1.165, 1.54) is 57.4 Å². The fraction of sp³-hybridized carbons (Fsp3) is 0.444. The Morgan fingerprint density at radius 2 is 1.77 bits per heavy atom. The lowest BCUT2D eigenvalue weighted by Crippen LogP contribution is -2.13. The number of unbranched alkanes of at least 4 members (excludes halogenated alkanes) is 2. The molecule has 0 atom stereocenters. The van der Waals surface area contributed by atoms with Crippen LogP contribution in [0, 0.1) is 36.4 Å². The molecule has 0 saturated heterocycles. The molecule has 0 bridgehead atoms. The molecule has 0 heterocycles. The molecule has 3 heteroatoms. The molecule has 0 aromatic heterocycles. The molecule has 1 nitrogen and oxygen atoms in total. The highest BCUT2D eigenvalue weighted by Gasteiger charge is 2.19. The lowest BCUT2D eigenvalue weighted by atomic mass is 9.80. The van der Waals surface area contributed by atoms with E-state index in [9.17, 15) is 4.39 Å². The molecule has 1 saturated carbocycles. The number of nitrogens with zero attached hydrogens (tertiary/aromatic N) is 1. The largest absolute Gasteiger partial charge is 0.205 e. The third kappa shape index (κ3) is 6.11. The number of isothiocyanates is 1. The van der Waals surface area contributed by atoms with Crippen molar-refractivity contribution in [3.05, 3.63) is 53.3 Å². The van der Waals surface area contributed by atoms with Gasteiger partial charge in [-0.1, -0.05) is 56.6 Å². The first-order valence-corrected chi connectivity index (χ1v) is 11.5. The number of hydrogen-bond donors (Lipinski definition) is 0. The minimum Gasteiger partial charge on any atom is -0.205 e. The van der Waals surface area contributed by atoms with E-state index in [0.717, 1.165) is 28.2 Å². The van der Waals surface area contributed by atoms with Crippen molar-refractivity contribution in [1.29, 1.82) is 0 Å². The summed E-state index contributed by atoms with van der Waals surface area (Å²) in [5.41, 5.74) is 3.82. The van der Waals surface area contributed by atoms with E-state index in [0.29, 0.717) is 5.92 Å². The topological polar surface area (TPSA) is 12.4 Å². The van der Waals surface area contributed by atoms with Gasteiger partial charge in [-0.25, -0.2) is 4.39 Å². The molecule has 1 aliphatic rings. The molecule has 0 amide bonds. The third-order valence-corrected chi connectivity index (χ3v) is 6.20. The number of aliphatic imine (C=N–C) groups is 1. The summed E-state index contributed by atoms with van der Waals surface area (Å²) in [6.07, 6.45) is 10.6. The normalized spacial score (nSPS) is 18.2. The van der Waals surface area contributed by atoms with Gasteiger partial charge in [-0.3, -0.25) is 0 Å². The van der Waals surface area contributed by atoms with Crippen molar-refractivity contribution < 1.29 is 4.39 Å². The van der Waals surface area contributed by atoms with Crippen molar-refractivity contribution in [2.24, 2.45) is 16.8 Å². The molecule has 3 rings (SSSR count). The van der Waals surface area contributed by atoms with Gasteiger partial charge in [0.05, 0.1) is 5.16 Å². The number of thiocarbonyl (C=S) groups is 1. The van der Waals surface area contributed by atoms with Crippen LogP contribution in [0.1, 0.15) is 69.4 Å². The van der Waals surface area contributed by atoms with E-state index in [1.807, 2.05) is 37.3 Å². The first kappa shape index (κ1) is 22.4. The van der Waals surface area contributed by atoms with Crippen LogP contribution in [-0.4, -0.2) is 5.16 Å². The number of aryl methyl sites for hydroxylation is 1. The molecule has 1 fully saturated rings. The van der Waals surface area contributed by atoms with Gasteiger partial charge >= 0.3 is 0 Å². The second kappa shape index (κ2) is 11.2. The van der Waals surface area contributed by atoms with Gasteiger partial charge in [-0.2, -0.15) is 4.99 Å². The molecule has 0 aliphatic heterocycles. The molecular weight excluding hydrogens is 389 g/mol. The Bertz CT molecular complexity index is 930. The molecule has 0 spiro atoms. The molecule has 1 aliphatic carbocycles. The molecule has 156 valence electrons. The average Bonchev–Trinajstić information content (AvgIpc) is 2.76. The predicted molar refractivity (Wildman–Crippen MR) is 128 cm³/mol. The van der Waals surface area contributed by atoms with Crippen LogP contribution in [0.25, 0.3) is 11.1 Å². The van der Waals surface area contributed by atoms with Gasteiger partial charge in [0.2, 0.25) is 0 Å². The summed E-state index contributed by atoms with van der Waals surface area (Å²) < 4.78 is 14.3. The van der Waals surface area contributed by atoms with E-state index in [1.54, 1.807) is 0 Å². The molecule has 0 N–H and O–H groups in total. The zero-order chi connectivity index (χ0) is 21.3. The Labute approximate surface area is 185 Å². The third-order valence-electron chi connectivity index (χ3n) is 6.11. The predicted octanol–water partition coefficient (Wildman–Crippen LogP) is 8.27. The monoisotopic (exact) mass is 419 g/mol.